The van der Waals surface area contributed by atoms with Crippen molar-refractivity contribution in [2.24, 2.45) is 0 Å². The summed E-state index contributed by atoms with van der Waals surface area (Å²) in [7, 11) is 0. The molecule has 2 aromatic carbocycles. The third kappa shape index (κ3) is 6.35. The first-order chi connectivity index (χ1) is 11.8. The fourth-order valence-electron chi connectivity index (χ4n) is 3.07. The molecule has 2 aromatic rings. The Hall–Kier alpha value is -1.55. The normalized spacial score (nSPS) is 17.7. The van der Waals surface area contributed by atoms with Crippen LogP contribution in [0.5, 0.6) is 5.75 Å². The maximum atomic E-state index is 5.79. The Balaban J connectivity index is 0.00000225. The quantitative estimate of drug-likeness (QED) is 0.732. The Morgan fingerprint density at radius 3 is 2.48 bits per heavy atom. The van der Waals surface area contributed by atoms with Crippen LogP contribution in [0, 0.1) is 0 Å². The van der Waals surface area contributed by atoms with Crippen molar-refractivity contribution in [1.29, 1.82) is 0 Å². The van der Waals surface area contributed by atoms with Gasteiger partial charge in [-0.25, -0.2) is 0 Å². The lowest BCUT2D eigenvalue weighted by Crippen LogP contribution is -2.44. The van der Waals surface area contributed by atoms with E-state index in [2.05, 4.69) is 36.1 Å². The molecule has 1 heterocycles. The maximum absolute atomic E-state index is 5.79. The van der Waals surface area contributed by atoms with Gasteiger partial charge in [0.1, 0.15) is 12.4 Å². The predicted octanol–water partition coefficient (Wildman–Crippen LogP) is 4.34. The lowest BCUT2D eigenvalue weighted by Gasteiger charge is -2.33. The van der Waals surface area contributed by atoms with Crippen LogP contribution in [0.3, 0.4) is 0 Å². The van der Waals surface area contributed by atoms with Crippen LogP contribution >= 0.6 is 12.4 Å². The van der Waals surface area contributed by atoms with E-state index in [1.54, 1.807) is 0 Å². The molecule has 1 aliphatic heterocycles. The third-order valence-corrected chi connectivity index (χ3v) is 4.59. The number of hydrogen-bond acceptors (Lipinski definition) is 3. The first kappa shape index (κ1) is 19.8. The molecule has 1 fully saturated rings. The van der Waals surface area contributed by atoms with Crippen LogP contribution in [-0.4, -0.2) is 37.2 Å². The van der Waals surface area contributed by atoms with Gasteiger partial charge in [0.25, 0.3) is 0 Å². The van der Waals surface area contributed by atoms with Crippen LogP contribution < -0.4 is 4.74 Å². The lowest BCUT2D eigenvalue weighted by atomic mass is 10.1. The first-order valence-electron chi connectivity index (χ1n) is 8.89. The molecule has 0 radical (unpaired) electrons. The second kappa shape index (κ2) is 10.4. The number of rotatable bonds is 7. The highest BCUT2D eigenvalue weighted by Gasteiger charge is 2.17. The van der Waals surface area contributed by atoms with Gasteiger partial charge in [0.2, 0.25) is 0 Å². The number of nitrogens with zero attached hydrogens (tertiary/aromatic N) is 1. The van der Waals surface area contributed by atoms with Gasteiger partial charge in [-0.15, -0.1) is 12.4 Å². The summed E-state index contributed by atoms with van der Waals surface area (Å²) in [6.45, 7) is 6.84. The predicted molar refractivity (Wildman–Crippen MR) is 105 cm³/mol. The van der Waals surface area contributed by atoms with E-state index in [1.807, 2.05) is 30.3 Å². The van der Waals surface area contributed by atoms with Crippen LogP contribution in [0.2, 0.25) is 0 Å². The third-order valence-electron chi connectivity index (χ3n) is 4.59. The Labute approximate surface area is 157 Å². The van der Waals surface area contributed by atoms with Gasteiger partial charge in [-0.05, 0) is 49.6 Å². The smallest absolute Gasteiger partial charge is 0.119 e. The molecule has 4 heteroatoms. The van der Waals surface area contributed by atoms with E-state index in [0.29, 0.717) is 12.6 Å². The van der Waals surface area contributed by atoms with E-state index < -0.39 is 0 Å². The zero-order valence-electron chi connectivity index (χ0n) is 14.9. The van der Waals surface area contributed by atoms with E-state index in [-0.39, 0.29) is 12.4 Å². The highest BCUT2D eigenvalue weighted by atomic mass is 35.5. The number of morpholine rings is 1. The zero-order valence-corrected chi connectivity index (χ0v) is 15.7. The van der Waals surface area contributed by atoms with Crippen molar-refractivity contribution in [3.05, 3.63) is 65.7 Å². The molecule has 1 atom stereocenters. The first-order valence-corrected chi connectivity index (χ1v) is 8.89. The molecule has 0 saturated carbocycles. The van der Waals surface area contributed by atoms with Gasteiger partial charge in [0.15, 0.2) is 0 Å². The van der Waals surface area contributed by atoms with Gasteiger partial charge in [0, 0.05) is 12.6 Å². The largest absolute Gasteiger partial charge is 0.489 e. The van der Waals surface area contributed by atoms with Crippen LogP contribution in [0.25, 0.3) is 0 Å². The van der Waals surface area contributed by atoms with E-state index in [9.17, 15) is 0 Å². The molecular formula is C21H28ClNO2. The summed E-state index contributed by atoms with van der Waals surface area (Å²) in [5.41, 5.74) is 2.61. The Morgan fingerprint density at radius 1 is 1.04 bits per heavy atom. The molecule has 1 unspecified atom stereocenters. The van der Waals surface area contributed by atoms with Crippen LogP contribution in [0.15, 0.2) is 54.6 Å². The number of para-hydroxylation sites is 1. The molecule has 3 rings (SSSR count). The summed E-state index contributed by atoms with van der Waals surface area (Å²) < 4.78 is 11.3. The molecule has 0 N–H and O–H groups in total. The highest BCUT2D eigenvalue weighted by molar-refractivity contribution is 5.85. The van der Waals surface area contributed by atoms with Crippen molar-refractivity contribution in [2.45, 2.75) is 32.4 Å². The molecule has 0 spiro atoms. The minimum absolute atomic E-state index is 0. The molecule has 3 nitrogen and oxygen atoms in total. The summed E-state index contributed by atoms with van der Waals surface area (Å²) in [6.07, 6.45) is 2.33. The minimum atomic E-state index is 0. The van der Waals surface area contributed by atoms with Gasteiger partial charge in [0.05, 0.1) is 13.2 Å². The molecule has 0 bridgehead atoms. The van der Waals surface area contributed by atoms with Crippen LogP contribution in [0.4, 0.5) is 0 Å². The van der Waals surface area contributed by atoms with Crippen LogP contribution in [-0.2, 0) is 17.8 Å². The fraction of sp³-hybridized carbons (Fsp3) is 0.429. The second-order valence-electron chi connectivity index (χ2n) is 6.48. The standard InChI is InChI=1S/C21H27NO2.ClH/c1-18-16-23-15-14-22(18)13-5-6-19-9-11-20(12-10-19)17-24-21-7-3-2-4-8-21;/h2-4,7-12,18H,5-6,13-17H2,1H3;1H. The van der Waals surface area contributed by atoms with E-state index >= 15 is 0 Å². The number of hydrogen-bond donors (Lipinski definition) is 0. The maximum Gasteiger partial charge on any atom is 0.119 e. The summed E-state index contributed by atoms with van der Waals surface area (Å²) in [6, 6.07) is 19.3. The topological polar surface area (TPSA) is 21.7 Å². The molecule has 1 aliphatic rings. The second-order valence-corrected chi connectivity index (χ2v) is 6.48. The van der Waals surface area contributed by atoms with Crippen molar-refractivity contribution in [1.82, 2.24) is 4.90 Å². The van der Waals surface area contributed by atoms with Gasteiger partial charge in [-0.3, -0.25) is 4.90 Å². The monoisotopic (exact) mass is 361 g/mol. The molecular weight excluding hydrogens is 334 g/mol. The Bertz CT molecular complexity index is 603. The van der Waals surface area contributed by atoms with E-state index in [4.69, 9.17) is 9.47 Å². The SMILES string of the molecule is CC1COCCN1CCCc1ccc(COc2ccccc2)cc1.Cl. The van der Waals surface area contributed by atoms with Crippen molar-refractivity contribution in [3.63, 3.8) is 0 Å². The van der Waals surface area contributed by atoms with Gasteiger partial charge >= 0.3 is 0 Å². The molecule has 25 heavy (non-hydrogen) atoms. The highest BCUT2D eigenvalue weighted by Crippen LogP contribution is 2.14. The summed E-state index contributed by atoms with van der Waals surface area (Å²) in [5, 5.41) is 0. The van der Waals surface area contributed by atoms with Crippen molar-refractivity contribution < 1.29 is 9.47 Å². The molecule has 0 aromatic heterocycles. The van der Waals surface area contributed by atoms with Crippen molar-refractivity contribution in [3.8, 4) is 5.75 Å². The van der Waals surface area contributed by atoms with E-state index in [1.165, 1.54) is 17.5 Å². The van der Waals surface area contributed by atoms with Gasteiger partial charge in [-0.2, -0.15) is 0 Å². The lowest BCUT2D eigenvalue weighted by molar-refractivity contribution is -0.000601. The summed E-state index contributed by atoms with van der Waals surface area (Å²) >= 11 is 0. The number of aryl methyl sites for hydroxylation is 1. The molecule has 1 saturated heterocycles. The molecule has 136 valence electrons. The summed E-state index contributed by atoms with van der Waals surface area (Å²) in [5.74, 6) is 0.918. The van der Waals surface area contributed by atoms with E-state index in [0.717, 1.165) is 38.5 Å². The number of ether oxygens (including phenoxy) is 2. The zero-order chi connectivity index (χ0) is 16.6. The minimum Gasteiger partial charge on any atom is -0.489 e. The van der Waals surface area contributed by atoms with Crippen molar-refractivity contribution >= 4 is 12.4 Å². The average molecular weight is 362 g/mol. The van der Waals surface area contributed by atoms with Crippen LogP contribution in [0.1, 0.15) is 24.5 Å². The number of benzene rings is 2. The summed E-state index contributed by atoms with van der Waals surface area (Å²) in [4.78, 5) is 2.53. The fourth-order valence-corrected chi connectivity index (χ4v) is 3.07. The molecule has 0 aliphatic carbocycles. The average Bonchev–Trinajstić information content (AvgIpc) is 2.63. The Morgan fingerprint density at radius 2 is 1.76 bits per heavy atom. The number of halogens is 1. The van der Waals surface area contributed by atoms with Gasteiger partial charge in [-0.1, -0.05) is 42.5 Å². The van der Waals surface area contributed by atoms with Gasteiger partial charge < -0.3 is 9.47 Å². The molecule has 0 amide bonds. The Kier molecular flexibility index (Phi) is 8.26. The van der Waals surface area contributed by atoms with Crippen molar-refractivity contribution in [2.75, 3.05) is 26.3 Å².